The lowest BCUT2D eigenvalue weighted by Gasteiger charge is -2.14. The van der Waals surface area contributed by atoms with Crippen molar-refractivity contribution in [3.8, 4) is 0 Å². The van der Waals surface area contributed by atoms with Gasteiger partial charge in [-0.25, -0.2) is 18.0 Å². The van der Waals surface area contributed by atoms with Crippen molar-refractivity contribution in [1.82, 2.24) is 10.6 Å². The smallest absolute Gasteiger partial charge is 0.340 e. The van der Waals surface area contributed by atoms with Crippen molar-refractivity contribution in [2.45, 2.75) is 18.7 Å². The zero-order valence-electron chi connectivity index (χ0n) is 17.1. The number of para-hydroxylation sites is 1. The molecule has 0 aliphatic rings. The molecular weight excluding hydrogens is 422 g/mol. The van der Waals surface area contributed by atoms with E-state index in [1.54, 1.807) is 32.0 Å². The van der Waals surface area contributed by atoms with Gasteiger partial charge in [0.15, 0.2) is 6.61 Å². The first kappa shape index (κ1) is 23.6. The zero-order chi connectivity index (χ0) is 23.0. The molecule has 10 heteroatoms. The Hall–Kier alpha value is -3.66. The van der Waals surface area contributed by atoms with Gasteiger partial charge in [0, 0.05) is 6.54 Å². The number of sulfonamides is 1. The number of carbonyl (C=O) groups is 3. The van der Waals surface area contributed by atoms with E-state index in [0.717, 1.165) is 5.56 Å². The lowest BCUT2D eigenvalue weighted by Crippen LogP contribution is -2.41. The van der Waals surface area contributed by atoms with E-state index >= 15 is 0 Å². The highest BCUT2D eigenvalue weighted by Crippen LogP contribution is 2.23. The average Bonchev–Trinajstić information content (AvgIpc) is 2.72. The first-order valence-corrected chi connectivity index (χ1v) is 10.7. The molecule has 0 saturated heterocycles. The van der Waals surface area contributed by atoms with Gasteiger partial charge in [0.25, 0.3) is 15.9 Å². The largest absolute Gasteiger partial charge is 0.452 e. The second-order valence-electron chi connectivity index (χ2n) is 6.54. The van der Waals surface area contributed by atoms with Crippen LogP contribution in [0.5, 0.6) is 0 Å². The van der Waals surface area contributed by atoms with Gasteiger partial charge in [0.2, 0.25) is 0 Å². The molecule has 0 heterocycles. The summed E-state index contributed by atoms with van der Waals surface area (Å²) in [5, 5.41) is 4.32. The first-order chi connectivity index (χ1) is 14.6. The second kappa shape index (κ2) is 10.4. The molecule has 9 nitrogen and oxygen atoms in total. The maximum Gasteiger partial charge on any atom is 0.340 e. The molecule has 3 N–H and O–H groups in total. The van der Waals surface area contributed by atoms with Crippen LogP contribution in [-0.4, -0.2) is 39.5 Å². The van der Waals surface area contributed by atoms with Crippen LogP contribution >= 0.6 is 0 Å². The number of esters is 1. The molecule has 0 radical (unpaired) electrons. The van der Waals surface area contributed by atoms with Crippen LogP contribution in [0, 0.1) is 13.8 Å². The topological polar surface area (TPSA) is 131 Å². The van der Waals surface area contributed by atoms with Crippen LogP contribution in [0.1, 0.15) is 21.5 Å². The fourth-order valence-electron chi connectivity index (χ4n) is 2.53. The van der Waals surface area contributed by atoms with Gasteiger partial charge >= 0.3 is 12.0 Å². The number of urea groups is 1. The molecule has 0 fully saturated rings. The standard InChI is InChI=1S/C21H23N3O6S/c1-4-11-22-21(27)23-19(25)13-30-20(26)16-7-5-6-8-17(16)24-31(28,29)18-12-14(2)9-10-15(18)3/h4-10,12,24H,1,11,13H2,2-3H3,(H2,22,23,25,27). The van der Waals surface area contributed by atoms with Crippen molar-refractivity contribution in [3.05, 3.63) is 71.8 Å². The number of aryl methyl sites for hydroxylation is 2. The molecule has 2 aromatic rings. The van der Waals surface area contributed by atoms with E-state index in [-0.39, 0.29) is 22.7 Å². The Labute approximate surface area is 180 Å². The van der Waals surface area contributed by atoms with Gasteiger partial charge in [-0.1, -0.05) is 30.3 Å². The van der Waals surface area contributed by atoms with Crippen LogP contribution in [-0.2, 0) is 19.6 Å². The summed E-state index contributed by atoms with van der Waals surface area (Å²) in [6.45, 7) is 6.29. The molecule has 0 unspecified atom stereocenters. The molecule has 0 aliphatic heterocycles. The summed E-state index contributed by atoms with van der Waals surface area (Å²) in [4.78, 5) is 35.7. The number of carbonyl (C=O) groups excluding carboxylic acids is 3. The molecule has 0 aliphatic carbocycles. The number of imide groups is 1. The molecular formula is C21H23N3O6S. The lowest BCUT2D eigenvalue weighted by molar-refractivity contribution is -0.123. The van der Waals surface area contributed by atoms with Gasteiger partial charge < -0.3 is 10.1 Å². The highest BCUT2D eigenvalue weighted by Gasteiger charge is 2.21. The van der Waals surface area contributed by atoms with Gasteiger partial charge in [0.1, 0.15) is 0 Å². The number of amides is 3. The minimum atomic E-state index is -3.98. The van der Waals surface area contributed by atoms with Gasteiger partial charge in [-0.2, -0.15) is 0 Å². The Morgan fingerprint density at radius 2 is 1.81 bits per heavy atom. The van der Waals surface area contributed by atoms with E-state index in [1.807, 2.05) is 5.32 Å². The van der Waals surface area contributed by atoms with Gasteiger partial charge in [-0.15, -0.1) is 6.58 Å². The van der Waals surface area contributed by atoms with Crippen molar-refractivity contribution in [2.75, 3.05) is 17.9 Å². The molecule has 0 atom stereocenters. The van der Waals surface area contributed by atoms with E-state index < -0.39 is 34.5 Å². The van der Waals surface area contributed by atoms with Crippen LogP contribution in [0.3, 0.4) is 0 Å². The number of hydrogen-bond acceptors (Lipinski definition) is 6. The molecule has 0 spiro atoms. The Morgan fingerprint density at radius 1 is 1.10 bits per heavy atom. The maximum atomic E-state index is 12.8. The summed E-state index contributed by atoms with van der Waals surface area (Å²) < 4.78 is 33.0. The van der Waals surface area contributed by atoms with E-state index in [9.17, 15) is 22.8 Å². The summed E-state index contributed by atoms with van der Waals surface area (Å²) in [6.07, 6.45) is 1.43. The quantitative estimate of drug-likeness (QED) is 0.422. The van der Waals surface area contributed by atoms with Crippen LogP contribution < -0.4 is 15.4 Å². The Bertz CT molecular complexity index is 1110. The van der Waals surface area contributed by atoms with E-state index in [0.29, 0.717) is 5.56 Å². The first-order valence-electron chi connectivity index (χ1n) is 9.19. The molecule has 2 rings (SSSR count). The molecule has 0 aromatic heterocycles. The Kier molecular flexibility index (Phi) is 7.92. The van der Waals surface area contributed by atoms with Gasteiger partial charge in [-0.3, -0.25) is 14.8 Å². The van der Waals surface area contributed by atoms with Crippen molar-refractivity contribution >= 4 is 33.6 Å². The third-order valence-corrected chi connectivity index (χ3v) is 5.53. The van der Waals surface area contributed by atoms with Crippen LogP contribution in [0.4, 0.5) is 10.5 Å². The fraction of sp³-hybridized carbons (Fsp3) is 0.190. The van der Waals surface area contributed by atoms with E-state index in [4.69, 9.17) is 4.74 Å². The summed E-state index contributed by atoms with van der Waals surface area (Å²) in [5.41, 5.74) is 1.23. The lowest BCUT2D eigenvalue weighted by atomic mass is 10.2. The Morgan fingerprint density at radius 3 is 2.52 bits per heavy atom. The number of benzene rings is 2. The normalized spacial score (nSPS) is 10.6. The summed E-state index contributed by atoms with van der Waals surface area (Å²) in [6, 6.07) is 10.1. The number of nitrogens with one attached hydrogen (secondary N) is 3. The number of anilines is 1. The molecule has 2 aromatic carbocycles. The Balaban J connectivity index is 2.12. The van der Waals surface area contributed by atoms with Crippen molar-refractivity contribution < 1.29 is 27.5 Å². The summed E-state index contributed by atoms with van der Waals surface area (Å²) >= 11 is 0. The van der Waals surface area contributed by atoms with E-state index in [2.05, 4.69) is 16.6 Å². The SMILES string of the molecule is C=CCNC(=O)NC(=O)COC(=O)c1ccccc1NS(=O)(=O)c1cc(C)ccc1C. The van der Waals surface area contributed by atoms with Crippen molar-refractivity contribution in [2.24, 2.45) is 0 Å². The molecule has 31 heavy (non-hydrogen) atoms. The number of ether oxygens (including phenoxy) is 1. The highest BCUT2D eigenvalue weighted by atomic mass is 32.2. The third-order valence-electron chi connectivity index (χ3n) is 4.02. The third kappa shape index (κ3) is 6.68. The minimum Gasteiger partial charge on any atom is -0.452 e. The predicted molar refractivity (Wildman–Crippen MR) is 115 cm³/mol. The number of hydrogen-bond donors (Lipinski definition) is 3. The summed E-state index contributed by atoms with van der Waals surface area (Å²) in [7, 11) is -3.98. The highest BCUT2D eigenvalue weighted by molar-refractivity contribution is 7.92. The van der Waals surface area contributed by atoms with Crippen LogP contribution in [0.2, 0.25) is 0 Å². The fourth-order valence-corrected chi connectivity index (χ4v) is 3.94. The van der Waals surface area contributed by atoms with Gasteiger partial charge in [0.05, 0.1) is 16.1 Å². The van der Waals surface area contributed by atoms with Crippen LogP contribution in [0.25, 0.3) is 0 Å². The molecule has 3 amide bonds. The zero-order valence-corrected chi connectivity index (χ0v) is 17.9. The van der Waals surface area contributed by atoms with Crippen LogP contribution in [0.15, 0.2) is 60.0 Å². The molecule has 0 saturated carbocycles. The average molecular weight is 445 g/mol. The molecule has 0 bridgehead atoms. The van der Waals surface area contributed by atoms with Crippen molar-refractivity contribution in [3.63, 3.8) is 0 Å². The van der Waals surface area contributed by atoms with Gasteiger partial charge in [-0.05, 0) is 43.2 Å². The predicted octanol–water partition coefficient (Wildman–Crippen LogP) is 2.27. The monoisotopic (exact) mass is 445 g/mol. The maximum absolute atomic E-state index is 12.8. The minimum absolute atomic E-state index is 0.00228. The van der Waals surface area contributed by atoms with E-state index in [1.165, 1.54) is 30.3 Å². The second-order valence-corrected chi connectivity index (χ2v) is 8.19. The summed E-state index contributed by atoms with van der Waals surface area (Å²) in [5.74, 6) is -1.77. The molecule has 164 valence electrons. The van der Waals surface area contributed by atoms with Crippen molar-refractivity contribution in [1.29, 1.82) is 0 Å². The number of rotatable bonds is 8.